The van der Waals surface area contributed by atoms with Gasteiger partial charge >= 0.3 is 5.97 Å². The van der Waals surface area contributed by atoms with Gasteiger partial charge in [-0.15, -0.1) is 0 Å². The van der Waals surface area contributed by atoms with Crippen LogP contribution in [-0.2, 0) is 14.4 Å². The molecule has 152 valence electrons. The van der Waals surface area contributed by atoms with Crippen molar-refractivity contribution in [1.82, 2.24) is 9.80 Å². The zero-order valence-electron chi connectivity index (χ0n) is 15.4. The summed E-state index contributed by atoms with van der Waals surface area (Å²) in [4.78, 5) is 48.2. The van der Waals surface area contributed by atoms with Crippen LogP contribution < -0.4 is 4.74 Å². The monoisotopic (exact) mass is 393 g/mol. The number of carboxylic acid groups (broad SMARTS) is 1. The molecular weight excluding hydrogens is 370 g/mol. The third-order valence-corrected chi connectivity index (χ3v) is 4.40. The Morgan fingerprint density at radius 2 is 1.50 bits per heavy atom. The maximum atomic E-state index is 12.2. The van der Waals surface area contributed by atoms with Crippen LogP contribution in [0.15, 0.2) is 24.3 Å². The van der Waals surface area contributed by atoms with Gasteiger partial charge < -0.3 is 19.6 Å². The van der Waals surface area contributed by atoms with E-state index in [1.165, 1.54) is 24.3 Å². The van der Waals surface area contributed by atoms with Crippen molar-refractivity contribution in [3.8, 4) is 5.75 Å². The molecule has 0 saturated carbocycles. The van der Waals surface area contributed by atoms with Crippen LogP contribution in [0.5, 0.6) is 5.75 Å². The van der Waals surface area contributed by atoms with Gasteiger partial charge in [0.1, 0.15) is 5.75 Å². The molecule has 0 atom stereocenters. The summed E-state index contributed by atoms with van der Waals surface area (Å²) in [5, 5.41) is 19.2. The predicted molar refractivity (Wildman–Crippen MR) is 97.9 cm³/mol. The van der Waals surface area contributed by atoms with E-state index in [0.29, 0.717) is 38.3 Å². The molecule has 2 amide bonds. The fourth-order valence-electron chi connectivity index (χ4n) is 2.83. The van der Waals surface area contributed by atoms with E-state index in [4.69, 9.17) is 9.84 Å². The van der Waals surface area contributed by atoms with Crippen LogP contribution in [0.3, 0.4) is 0 Å². The summed E-state index contributed by atoms with van der Waals surface area (Å²) in [6.07, 6.45) is 0.652. The summed E-state index contributed by atoms with van der Waals surface area (Å²) < 4.78 is 5.44. The van der Waals surface area contributed by atoms with Crippen molar-refractivity contribution in [1.29, 1.82) is 0 Å². The lowest BCUT2D eigenvalue weighted by atomic mass is 10.2. The summed E-state index contributed by atoms with van der Waals surface area (Å²) >= 11 is 0. The molecule has 0 unspecified atom stereocenters. The molecule has 0 radical (unpaired) electrons. The number of benzene rings is 1. The number of rotatable bonds is 9. The Kier molecular flexibility index (Phi) is 7.73. The Bertz CT molecular complexity index is 712. The molecule has 1 N–H and O–H groups in total. The van der Waals surface area contributed by atoms with Crippen molar-refractivity contribution in [3.63, 3.8) is 0 Å². The van der Waals surface area contributed by atoms with E-state index in [0.717, 1.165) is 0 Å². The molecule has 1 aromatic rings. The predicted octanol–water partition coefficient (Wildman–Crippen LogP) is 1.29. The molecule has 1 aliphatic rings. The largest absolute Gasteiger partial charge is 0.493 e. The second-order valence-electron chi connectivity index (χ2n) is 6.36. The van der Waals surface area contributed by atoms with Crippen LogP contribution in [0.4, 0.5) is 5.69 Å². The molecule has 2 rings (SSSR count). The summed E-state index contributed by atoms with van der Waals surface area (Å²) in [6.45, 7) is 1.88. The SMILES string of the molecule is O=C(O)CCCC(=O)N1CCN(C(=O)CCOc2ccc([N+](=O)[O-])cc2)CC1. The normalized spacial score (nSPS) is 13.9. The fourth-order valence-corrected chi connectivity index (χ4v) is 2.83. The standard InChI is InChI=1S/C18H23N3O7/c22-16(2-1-3-18(24)25)19-9-11-20(12-10-19)17(23)8-13-28-15-6-4-14(5-7-15)21(26)27/h4-7H,1-3,8-13H2,(H,24,25). The first-order valence-electron chi connectivity index (χ1n) is 9.01. The van der Waals surface area contributed by atoms with Gasteiger partial charge in [0, 0.05) is 51.2 Å². The van der Waals surface area contributed by atoms with Crippen LogP contribution in [0.1, 0.15) is 25.7 Å². The Labute approximate surface area is 161 Å². The molecule has 1 aromatic carbocycles. The number of carbonyl (C=O) groups is 3. The fraction of sp³-hybridized carbons (Fsp3) is 0.500. The van der Waals surface area contributed by atoms with Crippen molar-refractivity contribution in [3.05, 3.63) is 34.4 Å². The molecule has 0 aromatic heterocycles. The zero-order valence-corrected chi connectivity index (χ0v) is 15.4. The van der Waals surface area contributed by atoms with E-state index in [1.54, 1.807) is 9.80 Å². The lowest BCUT2D eigenvalue weighted by Crippen LogP contribution is -2.50. The highest BCUT2D eigenvalue weighted by atomic mass is 16.6. The number of hydrogen-bond acceptors (Lipinski definition) is 6. The Morgan fingerprint density at radius 3 is 2.00 bits per heavy atom. The topological polar surface area (TPSA) is 130 Å². The molecule has 28 heavy (non-hydrogen) atoms. The average Bonchev–Trinajstić information content (AvgIpc) is 2.68. The number of hydrogen-bond donors (Lipinski definition) is 1. The number of piperazine rings is 1. The van der Waals surface area contributed by atoms with Crippen LogP contribution in [0.2, 0.25) is 0 Å². The van der Waals surface area contributed by atoms with E-state index in [-0.39, 0.29) is 43.4 Å². The van der Waals surface area contributed by atoms with E-state index >= 15 is 0 Å². The first-order chi connectivity index (χ1) is 13.4. The van der Waals surface area contributed by atoms with Gasteiger partial charge in [-0.1, -0.05) is 0 Å². The minimum atomic E-state index is -0.917. The van der Waals surface area contributed by atoms with Crippen molar-refractivity contribution in [2.45, 2.75) is 25.7 Å². The van der Waals surface area contributed by atoms with Gasteiger partial charge in [-0.05, 0) is 18.6 Å². The molecule has 0 aliphatic carbocycles. The van der Waals surface area contributed by atoms with E-state index in [9.17, 15) is 24.5 Å². The van der Waals surface area contributed by atoms with Crippen LogP contribution in [0, 0.1) is 10.1 Å². The molecule has 0 spiro atoms. The molecule has 1 saturated heterocycles. The maximum Gasteiger partial charge on any atom is 0.303 e. The second-order valence-corrected chi connectivity index (χ2v) is 6.36. The van der Waals surface area contributed by atoms with Gasteiger partial charge in [0.15, 0.2) is 0 Å². The highest BCUT2D eigenvalue weighted by Crippen LogP contribution is 2.17. The number of aliphatic carboxylic acids is 1. The highest BCUT2D eigenvalue weighted by molar-refractivity contribution is 5.79. The second kappa shape index (κ2) is 10.2. The van der Waals surface area contributed by atoms with Crippen LogP contribution in [0.25, 0.3) is 0 Å². The summed E-state index contributed by atoms with van der Waals surface area (Å²) in [7, 11) is 0. The minimum Gasteiger partial charge on any atom is -0.493 e. The first kappa shape index (κ1) is 21.1. The van der Waals surface area contributed by atoms with Crippen LogP contribution >= 0.6 is 0 Å². The molecule has 1 fully saturated rings. The Hall–Kier alpha value is -3.17. The van der Waals surface area contributed by atoms with Crippen molar-refractivity contribution in [2.75, 3.05) is 32.8 Å². The van der Waals surface area contributed by atoms with Crippen molar-refractivity contribution < 1.29 is 29.2 Å². The van der Waals surface area contributed by atoms with Crippen molar-refractivity contribution >= 4 is 23.5 Å². The van der Waals surface area contributed by atoms with E-state index in [2.05, 4.69) is 0 Å². The Balaban J connectivity index is 1.67. The molecule has 0 bridgehead atoms. The molecule has 1 aliphatic heterocycles. The quantitative estimate of drug-likeness (QED) is 0.494. The smallest absolute Gasteiger partial charge is 0.303 e. The number of nitrogens with zero attached hydrogens (tertiary/aromatic N) is 3. The van der Waals surface area contributed by atoms with Gasteiger partial charge in [-0.25, -0.2) is 0 Å². The summed E-state index contributed by atoms with van der Waals surface area (Å²) in [5.74, 6) is -0.635. The summed E-state index contributed by atoms with van der Waals surface area (Å²) in [5.41, 5.74) is -0.0289. The number of carbonyl (C=O) groups excluding carboxylic acids is 2. The summed E-state index contributed by atoms with van der Waals surface area (Å²) in [6, 6.07) is 5.64. The molecule has 10 heteroatoms. The third-order valence-electron chi connectivity index (χ3n) is 4.40. The van der Waals surface area contributed by atoms with Gasteiger partial charge in [0.2, 0.25) is 11.8 Å². The van der Waals surface area contributed by atoms with Gasteiger partial charge in [0.25, 0.3) is 5.69 Å². The van der Waals surface area contributed by atoms with Crippen LogP contribution in [-0.4, -0.2) is 70.4 Å². The number of amides is 2. The van der Waals surface area contributed by atoms with Gasteiger partial charge in [-0.2, -0.15) is 0 Å². The van der Waals surface area contributed by atoms with Gasteiger partial charge in [0.05, 0.1) is 18.0 Å². The molecule has 10 nitrogen and oxygen atoms in total. The van der Waals surface area contributed by atoms with E-state index < -0.39 is 10.9 Å². The van der Waals surface area contributed by atoms with Gasteiger partial charge in [-0.3, -0.25) is 24.5 Å². The molecule has 1 heterocycles. The number of non-ortho nitro benzene ring substituents is 1. The number of nitro groups is 1. The van der Waals surface area contributed by atoms with Crippen molar-refractivity contribution in [2.24, 2.45) is 0 Å². The molecular formula is C18H23N3O7. The number of ether oxygens (including phenoxy) is 1. The number of carboxylic acids is 1. The number of nitro benzene ring substituents is 1. The highest BCUT2D eigenvalue weighted by Gasteiger charge is 2.23. The van der Waals surface area contributed by atoms with E-state index in [1.807, 2.05) is 0 Å². The maximum absolute atomic E-state index is 12.2. The first-order valence-corrected chi connectivity index (χ1v) is 9.01. The third kappa shape index (κ3) is 6.53. The average molecular weight is 393 g/mol. The Morgan fingerprint density at radius 1 is 0.964 bits per heavy atom. The zero-order chi connectivity index (χ0) is 20.5. The lowest BCUT2D eigenvalue weighted by molar-refractivity contribution is -0.384. The lowest BCUT2D eigenvalue weighted by Gasteiger charge is -2.35. The minimum absolute atomic E-state index is 0.0288.